The van der Waals surface area contributed by atoms with E-state index < -0.39 is 0 Å². The molecule has 0 saturated carbocycles. The van der Waals surface area contributed by atoms with E-state index in [1.807, 2.05) is 32.0 Å². The third-order valence-corrected chi connectivity index (χ3v) is 4.41. The molecule has 0 spiro atoms. The van der Waals surface area contributed by atoms with Crippen molar-refractivity contribution >= 4 is 22.9 Å². The van der Waals surface area contributed by atoms with Gasteiger partial charge in [0.2, 0.25) is 0 Å². The minimum absolute atomic E-state index is 0.164. The highest BCUT2D eigenvalue weighted by Crippen LogP contribution is 2.35. The fourth-order valence-corrected chi connectivity index (χ4v) is 3.42. The molecule has 0 saturated heterocycles. The molecule has 0 unspecified atom stereocenters. The van der Waals surface area contributed by atoms with Crippen LogP contribution >= 0.6 is 22.9 Å². The number of aryl methyl sites for hydroxylation is 2. The zero-order valence-corrected chi connectivity index (χ0v) is 12.7. The summed E-state index contributed by atoms with van der Waals surface area (Å²) >= 11 is 7.78. The van der Waals surface area contributed by atoms with Gasteiger partial charge in [-0.15, -0.1) is 11.3 Å². The van der Waals surface area contributed by atoms with E-state index in [0.29, 0.717) is 11.4 Å². The second-order valence-electron chi connectivity index (χ2n) is 4.30. The van der Waals surface area contributed by atoms with Crippen molar-refractivity contribution in [3.05, 3.63) is 39.4 Å². The molecule has 0 aliphatic carbocycles. The monoisotopic (exact) mass is 314 g/mol. The van der Waals surface area contributed by atoms with E-state index in [2.05, 4.69) is 9.82 Å². The van der Waals surface area contributed by atoms with Gasteiger partial charge < -0.3 is 0 Å². The molecule has 0 aliphatic heterocycles. The number of hydrogen-bond donors (Lipinski definition) is 2. The number of benzene rings is 1. The van der Waals surface area contributed by atoms with E-state index in [1.165, 1.54) is 11.3 Å². The van der Waals surface area contributed by atoms with Gasteiger partial charge in [0.1, 0.15) is 5.01 Å². The van der Waals surface area contributed by atoms with Gasteiger partial charge in [0, 0.05) is 16.9 Å². The summed E-state index contributed by atoms with van der Waals surface area (Å²) in [5.41, 5.74) is 2.92. The van der Waals surface area contributed by atoms with Crippen LogP contribution in [-0.4, -0.2) is 27.4 Å². The molecule has 0 atom stereocenters. The SMILES string of the molecule is Cc1cccc(Cl)c1-c1nc(C)c(CCON(O)O)s1. The van der Waals surface area contributed by atoms with Crippen LogP contribution in [0.2, 0.25) is 5.02 Å². The third kappa shape index (κ3) is 3.54. The maximum Gasteiger partial charge on any atom is 0.125 e. The van der Waals surface area contributed by atoms with Crippen LogP contribution < -0.4 is 0 Å². The third-order valence-electron chi connectivity index (χ3n) is 2.86. The topological polar surface area (TPSA) is 65.8 Å². The first-order chi connectivity index (χ1) is 9.49. The van der Waals surface area contributed by atoms with E-state index in [0.717, 1.165) is 26.7 Å². The van der Waals surface area contributed by atoms with Crippen molar-refractivity contribution in [2.75, 3.05) is 6.61 Å². The highest BCUT2D eigenvalue weighted by atomic mass is 35.5. The van der Waals surface area contributed by atoms with Crippen molar-refractivity contribution in [2.45, 2.75) is 20.3 Å². The molecule has 0 bridgehead atoms. The molecule has 1 aromatic heterocycles. The molecule has 2 rings (SSSR count). The standard InChI is InChI=1S/C13H15ClN2O3S/c1-8-4-3-5-10(14)12(8)13-15-9(2)11(20-13)6-7-19-16(17)18/h3-5,17-18H,6-7H2,1-2H3. The van der Waals surface area contributed by atoms with Gasteiger partial charge >= 0.3 is 0 Å². The van der Waals surface area contributed by atoms with E-state index >= 15 is 0 Å². The fraction of sp³-hybridized carbons (Fsp3) is 0.308. The van der Waals surface area contributed by atoms with E-state index in [1.54, 1.807) is 0 Å². The molecule has 2 N–H and O–H groups in total. The first kappa shape index (κ1) is 15.4. The smallest absolute Gasteiger partial charge is 0.125 e. The summed E-state index contributed by atoms with van der Waals surface area (Å²) in [7, 11) is 0. The molecular weight excluding hydrogens is 300 g/mol. The second-order valence-corrected chi connectivity index (χ2v) is 5.79. The van der Waals surface area contributed by atoms with Crippen molar-refractivity contribution in [3.8, 4) is 10.6 Å². The maximum absolute atomic E-state index is 8.49. The summed E-state index contributed by atoms with van der Waals surface area (Å²) in [4.78, 5) is 10.1. The lowest BCUT2D eigenvalue weighted by Gasteiger charge is -2.05. The highest BCUT2D eigenvalue weighted by molar-refractivity contribution is 7.15. The average molecular weight is 315 g/mol. The van der Waals surface area contributed by atoms with Gasteiger partial charge in [-0.25, -0.2) is 4.98 Å². The van der Waals surface area contributed by atoms with Crippen molar-refractivity contribution in [1.82, 2.24) is 10.4 Å². The fourth-order valence-electron chi connectivity index (χ4n) is 1.89. The van der Waals surface area contributed by atoms with Gasteiger partial charge in [-0.3, -0.25) is 15.3 Å². The van der Waals surface area contributed by atoms with Crippen molar-refractivity contribution in [2.24, 2.45) is 0 Å². The van der Waals surface area contributed by atoms with Gasteiger partial charge in [0.15, 0.2) is 0 Å². The van der Waals surface area contributed by atoms with Gasteiger partial charge in [-0.05, 0) is 25.5 Å². The Balaban J connectivity index is 2.23. The number of thiazole rings is 1. The zero-order chi connectivity index (χ0) is 14.7. The lowest BCUT2D eigenvalue weighted by molar-refractivity contribution is -0.492. The van der Waals surface area contributed by atoms with Gasteiger partial charge in [-0.2, -0.15) is 0 Å². The molecule has 1 heterocycles. The molecule has 5 nitrogen and oxygen atoms in total. The number of hydrogen-bond acceptors (Lipinski definition) is 6. The molecule has 0 amide bonds. The summed E-state index contributed by atoms with van der Waals surface area (Å²) in [6.07, 6.45) is 0.546. The molecular formula is C13H15ClN2O3S. The summed E-state index contributed by atoms with van der Waals surface area (Å²) in [5.74, 6) is 0. The van der Waals surface area contributed by atoms with Crippen LogP contribution in [0.25, 0.3) is 10.6 Å². The minimum Gasteiger partial charge on any atom is -0.266 e. The van der Waals surface area contributed by atoms with E-state index in [-0.39, 0.29) is 12.0 Å². The Kier molecular flexibility index (Phi) is 5.09. The quantitative estimate of drug-likeness (QED) is 0.825. The Hall–Kier alpha value is -1.02. The molecule has 2 aromatic rings. The molecule has 108 valence electrons. The lowest BCUT2D eigenvalue weighted by Crippen LogP contribution is -2.16. The van der Waals surface area contributed by atoms with Crippen LogP contribution in [0.5, 0.6) is 0 Å². The molecule has 20 heavy (non-hydrogen) atoms. The second kappa shape index (κ2) is 6.62. The van der Waals surface area contributed by atoms with Crippen molar-refractivity contribution in [3.63, 3.8) is 0 Å². The van der Waals surface area contributed by atoms with Gasteiger partial charge in [0.05, 0.1) is 22.7 Å². The summed E-state index contributed by atoms with van der Waals surface area (Å²) in [6.45, 7) is 4.07. The van der Waals surface area contributed by atoms with Crippen LogP contribution in [0.1, 0.15) is 16.1 Å². The largest absolute Gasteiger partial charge is 0.266 e. The average Bonchev–Trinajstić information content (AvgIpc) is 2.70. The normalized spacial score (nSPS) is 11.3. The highest BCUT2D eigenvalue weighted by Gasteiger charge is 2.14. The van der Waals surface area contributed by atoms with Gasteiger partial charge in [0.25, 0.3) is 0 Å². The Morgan fingerprint density at radius 1 is 1.35 bits per heavy atom. The Labute approximate surface area is 125 Å². The van der Waals surface area contributed by atoms with Crippen LogP contribution in [-0.2, 0) is 11.3 Å². The number of aromatic nitrogens is 1. The van der Waals surface area contributed by atoms with Crippen LogP contribution in [0, 0.1) is 13.8 Å². The molecule has 0 fully saturated rings. The molecule has 1 aromatic carbocycles. The number of halogens is 1. The molecule has 7 heteroatoms. The zero-order valence-electron chi connectivity index (χ0n) is 11.1. The summed E-state index contributed by atoms with van der Waals surface area (Å²) in [5, 5.41) is 18.2. The van der Waals surface area contributed by atoms with E-state index in [9.17, 15) is 0 Å². The maximum atomic E-state index is 8.49. The Bertz CT molecular complexity index is 581. The predicted octanol–water partition coefficient (Wildman–Crippen LogP) is 3.63. The Morgan fingerprint density at radius 2 is 2.10 bits per heavy atom. The number of nitrogens with zero attached hydrogens (tertiary/aromatic N) is 2. The first-order valence-electron chi connectivity index (χ1n) is 6.01. The predicted molar refractivity (Wildman–Crippen MR) is 77.1 cm³/mol. The van der Waals surface area contributed by atoms with Crippen LogP contribution in [0.15, 0.2) is 18.2 Å². The van der Waals surface area contributed by atoms with Crippen molar-refractivity contribution in [1.29, 1.82) is 0 Å². The molecule has 0 radical (unpaired) electrons. The number of rotatable bonds is 5. The minimum atomic E-state index is -0.282. The van der Waals surface area contributed by atoms with Crippen LogP contribution in [0.3, 0.4) is 0 Å². The van der Waals surface area contributed by atoms with E-state index in [4.69, 9.17) is 22.0 Å². The Morgan fingerprint density at radius 3 is 2.75 bits per heavy atom. The summed E-state index contributed by atoms with van der Waals surface area (Å²) < 4.78 is 0. The summed E-state index contributed by atoms with van der Waals surface area (Å²) in [6, 6.07) is 5.75. The van der Waals surface area contributed by atoms with Crippen LogP contribution in [0.4, 0.5) is 0 Å². The van der Waals surface area contributed by atoms with Gasteiger partial charge in [-0.1, -0.05) is 23.7 Å². The molecule has 0 aliphatic rings. The first-order valence-corrected chi connectivity index (χ1v) is 7.21. The lowest BCUT2D eigenvalue weighted by atomic mass is 10.1. The van der Waals surface area contributed by atoms with Crippen molar-refractivity contribution < 1.29 is 15.3 Å².